The van der Waals surface area contributed by atoms with Crippen LogP contribution in [0.5, 0.6) is 0 Å². The van der Waals surface area contributed by atoms with Crippen LogP contribution in [-0.2, 0) is 4.74 Å². The van der Waals surface area contributed by atoms with Crippen LogP contribution in [-0.4, -0.2) is 13.2 Å². The van der Waals surface area contributed by atoms with Gasteiger partial charge in [-0.15, -0.1) is 0 Å². The average molecular weight is 577 g/mol. The molecule has 0 radical (unpaired) electrons. The van der Waals surface area contributed by atoms with Crippen LogP contribution in [0.1, 0.15) is 132 Å². The number of methoxy groups -OCH3 is 1. The summed E-state index contributed by atoms with van der Waals surface area (Å²) in [6.07, 6.45) is 51.6. The fourth-order valence-corrected chi connectivity index (χ4v) is 7.09. The van der Waals surface area contributed by atoms with Crippen LogP contribution in [0.25, 0.3) is 0 Å². The zero-order chi connectivity index (χ0) is 28.7. The van der Waals surface area contributed by atoms with Crippen molar-refractivity contribution in [1.29, 1.82) is 0 Å². The van der Waals surface area contributed by atoms with Crippen molar-refractivity contribution in [1.82, 2.24) is 0 Å². The van der Waals surface area contributed by atoms with Crippen LogP contribution in [0.15, 0.2) is 85.1 Å². The van der Waals surface area contributed by atoms with Crippen molar-refractivity contribution < 1.29 is 4.74 Å². The van der Waals surface area contributed by atoms with E-state index in [9.17, 15) is 0 Å². The monoisotopic (exact) mass is 577 g/mol. The maximum atomic E-state index is 5.29. The molecule has 0 aliphatic heterocycles. The third-order valence-electron chi connectivity index (χ3n) is 10.0. The second kappa shape index (κ2) is 19.4. The van der Waals surface area contributed by atoms with E-state index >= 15 is 0 Å². The molecule has 2 bridgehead atoms. The minimum atomic E-state index is 0. The van der Waals surface area contributed by atoms with Crippen molar-refractivity contribution in [3.05, 3.63) is 85.1 Å². The second-order valence-corrected chi connectivity index (χ2v) is 12.6. The van der Waals surface area contributed by atoms with Crippen molar-refractivity contribution in [3.63, 3.8) is 0 Å². The number of hydrogen-bond acceptors (Lipinski definition) is 1. The van der Waals surface area contributed by atoms with Gasteiger partial charge in [0, 0.05) is 13.0 Å². The molecule has 0 saturated heterocycles. The highest BCUT2D eigenvalue weighted by Gasteiger charge is 2.35. The van der Waals surface area contributed by atoms with Crippen molar-refractivity contribution in [3.8, 4) is 0 Å². The van der Waals surface area contributed by atoms with Crippen LogP contribution >= 0.6 is 0 Å². The Hall–Kier alpha value is -1.86. The molecular formula is C41H68O. The Bertz CT molecular complexity index is 849. The highest BCUT2D eigenvalue weighted by atomic mass is 16.5. The molecule has 0 heterocycles. The van der Waals surface area contributed by atoms with Gasteiger partial charge >= 0.3 is 0 Å². The summed E-state index contributed by atoms with van der Waals surface area (Å²) in [6, 6.07) is 0. The van der Waals surface area contributed by atoms with Crippen LogP contribution in [0.3, 0.4) is 0 Å². The fraction of sp³-hybridized carbons (Fsp3) is 0.659. The number of fused-ring (bicyclic) bond motifs is 2. The molecule has 1 heteroatoms. The minimum Gasteiger partial charge on any atom is -0.381 e. The van der Waals surface area contributed by atoms with Crippen molar-refractivity contribution >= 4 is 0 Å². The average Bonchev–Trinajstić information content (AvgIpc) is 3.63. The third-order valence-corrected chi connectivity index (χ3v) is 10.0. The first-order chi connectivity index (χ1) is 19.6. The van der Waals surface area contributed by atoms with E-state index in [1.165, 1.54) is 89.9 Å². The largest absolute Gasteiger partial charge is 0.381 e. The van der Waals surface area contributed by atoms with Gasteiger partial charge in [0.05, 0.1) is 6.10 Å². The Balaban J connectivity index is 0.000000265. The van der Waals surface area contributed by atoms with E-state index in [2.05, 4.69) is 85.1 Å². The van der Waals surface area contributed by atoms with Crippen molar-refractivity contribution in [2.75, 3.05) is 7.11 Å². The highest BCUT2D eigenvalue weighted by Crippen LogP contribution is 2.45. The Kier molecular flexibility index (Phi) is 17.7. The number of ether oxygens (including phenoxy) is 1. The first-order valence-corrected chi connectivity index (χ1v) is 16.8. The van der Waals surface area contributed by atoms with Crippen molar-refractivity contribution in [2.24, 2.45) is 28.1 Å². The standard InChI is InChI=1S/3C9H12.C8H12O.2C2H6.2CH4/c3*1-2-5-9(6-3-1)7-4-8-9;1-9-8-5-6-2-3-7(8)4-6;2*1-2;;/h3*1-2,4,7H,3,5-6,8H2;2-3,6-8H,4-5H2,1H3;2*1-2H3;2*1H4. The van der Waals surface area contributed by atoms with E-state index in [0.29, 0.717) is 22.3 Å². The topological polar surface area (TPSA) is 9.23 Å². The zero-order valence-electron chi connectivity index (χ0n) is 26.6. The molecule has 0 aromatic carbocycles. The molecule has 0 N–H and O–H groups in total. The second-order valence-electron chi connectivity index (χ2n) is 12.6. The summed E-state index contributed by atoms with van der Waals surface area (Å²) < 4.78 is 5.29. The SMILES string of the molecule is C.C.C1=CCC2(C=CC2)CC1.C1=CCC2(C=CC2)CC1.C1=CCC2(C=CC2)CC1.CC.CC.COC1CC2C=CC1C2. The lowest BCUT2D eigenvalue weighted by Crippen LogP contribution is -2.23. The minimum absolute atomic E-state index is 0. The summed E-state index contributed by atoms with van der Waals surface area (Å²) >= 11 is 0. The fourth-order valence-electron chi connectivity index (χ4n) is 7.09. The smallest absolute Gasteiger partial charge is 0.0639 e. The van der Waals surface area contributed by atoms with E-state index in [0.717, 1.165) is 11.8 Å². The Morgan fingerprint density at radius 1 is 0.500 bits per heavy atom. The van der Waals surface area contributed by atoms with Gasteiger partial charge in [-0.05, 0) is 112 Å². The molecule has 8 aliphatic rings. The molecule has 8 rings (SSSR count). The van der Waals surface area contributed by atoms with Gasteiger partial charge in [0.1, 0.15) is 0 Å². The third kappa shape index (κ3) is 10.4. The molecule has 6 unspecified atom stereocenters. The van der Waals surface area contributed by atoms with Crippen LogP contribution < -0.4 is 0 Å². The summed E-state index contributed by atoms with van der Waals surface area (Å²) in [5.74, 6) is 1.60. The summed E-state index contributed by atoms with van der Waals surface area (Å²) in [5.41, 5.74) is 1.90. The molecule has 0 amide bonds. The predicted octanol–water partition coefficient (Wildman–Crippen LogP) is 12.9. The zero-order valence-corrected chi connectivity index (χ0v) is 26.6. The van der Waals surface area contributed by atoms with Crippen LogP contribution in [0.2, 0.25) is 0 Å². The van der Waals surface area contributed by atoms with Gasteiger partial charge in [0.15, 0.2) is 0 Å². The first-order valence-electron chi connectivity index (χ1n) is 16.8. The molecular weight excluding hydrogens is 508 g/mol. The molecule has 3 spiro atoms. The molecule has 42 heavy (non-hydrogen) atoms. The number of hydrogen-bond donors (Lipinski definition) is 0. The number of allylic oxidation sites excluding steroid dienone is 13. The van der Waals surface area contributed by atoms with Crippen LogP contribution in [0.4, 0.5) is 0 Å². The lowest BCUT2D eigenvalue weighted by Gasteiger charge is -2.36. The van der Waals surface area contributed by atoms with Gasteiger partial charge in [-0.3, -0.25) is 0 Å². The van der Waals surface area contributed by atoms with E-state index in [1.807, 2.05) is 34.8 Å². The Labute approximate surface area is 263 Å². The van der Waals surface area contributed by atoms with Crippen LogP contribution in [0, 0.1) is 28.1 Å². The van der Waals surface area contributed by atoms with E-state index in [4.69, 9.17) is 4.74 Å². The Morgan fingerprint density at radius 3 is 1.00 bits per heavy atom. The first kappa shape index (κ1) is 38.2. The van der Waals surface area contributed by atoms with E-state index in [1.54, 1.807) is 0 Å². The normalized spacial score (nSPS) is 35.4. The molecule has 0 aromatic heterocycles. The van der Waals surface area contributed by atoms with E-state index < -0.39 is 0 Å². The predicted molar refractivity (Wildman–Crippen MR) is 190 cm³/mol. The van der Waals surface area contributed by atoms with Gasteiger partial charge in [-0.1, -0.05) is 128 Å². The lowest BCUT2D eigenvalue weighted by molar-refractivity contribution is 0.0825. The quantitative estimate of drug-likeness (QED) is 0.282. The molecule has 6 atom stereocenters. The number of rotatable bonds is 1. The van der Waals surface area contributed by atoms with Gasteiger partial charge in [-0.2, -0.15) is 0 Å². The highest BCUT2D eigenvalue weighted by molar-refractivity contribution is 5.19. The summed E-state index contributed by atoms with van der Waals surface area (Å²) in [5, 5.41) is 0. The summed E-state index contributed by atoms with van der Waals surface area (Å²) in [6.45, 7) is 8.00. The molecule has 0 aromatic rings. The van der Waals surface area contributed by atoms with Gasteiger partial charge in [0.25, 0.3) is 0 Å². The van der Waals surface area contributed by atoms with E-state index in [-0.39, 0.29) is 14.9 Å². The molecule has 238 valence electrons. The lowest BCUT2D eigenvalue weighted by atomic mass is 9.68. The Morgan fingerprint density at radius 2 is 0.857 bits per heavy atom. The maximum Gasteiger partial charge on any atom is 0.0639 e. The molecule has 1 saturated carbocycles. The molecule has 1 nitrogen and oxygen atoms in total. The van der Waals surface area contributed by atoms with Gasteiger partial charge in [-0.25, -0.2) is 0 Å². The van der Waals surface area contributed by atoms with Gasteiger partial charge < -0.3 is 4.74 Å². The maximum absolute atomic E-state index is 5.29. The molecule has 1 fully saturated rings. The molecule has 8 aliphatic carbocycles. The summed E-state index contributed by atoms with van der Waals surface area (Å²) in [7, 11) is 1.82. The summed E-state index contributed by atoms with van der Waals surface area (Å²) in [4.78, 5) is 0. The van der Waals surface area contributed by atoms with Gasteiger partial charge in [0.2, 0.25) is 0 Å². The van der Waals surface area contributed by atoms with Crippen molar-refractivity contribution in [2.45, 2.75) is 139 Å².